The first-order valence-electron chi connectivity index (χ1n) is 9.54. The molecule has 26 heavy (non-hydrogen) atoms. The fourth-order valence-electron chi connectivity index (χ4n) is 3.86. The number of aromatic nitrogens is 2. The SMILES string of the molecule is Cc1ccccc1OC1CCN(c2nc(N)nc3c2CCNCC3)CC1. The minimum Gasteiger partial charge on any atom is -0.490 e. The van der Waals surface area contributed by atoms with Gasteiger partial charge in [0, 0.05) is 44.5 Å². The highest BCUT2D eigenvalue weighted by molar-refractivity contribution is 5.53. The lowest BCUT2D eigenvalue weighted by Crippen LogP contribution is -2.39. The second-order valence-corrected chi connectivity index (χ2v) is 7.15. The van der Waals surface area contributed by atoms with Crippen LogP contribution in [0.5, 0.6) is 5.75 Å². The van der Waals surface area contributed by atoms with Crippen LogP contribution in [0.4, 0.5) is 11.8 Å². The Hall–Kier alpha value is -2.34. The number of anilines is 2. The zero-order valence-electron chi connectivity index (χ0n) is 15.4. The molecule has 0 amide bonds. The molecular formula is C20H27N5O. The summed E-state index contributed by atoms with van der Waals surface area (Å²) in [6.45, 7) is 5.90. The van der Waals surface area contributed by atoms with Crippen molar-refractivity contribution in [2.24, 2.45) is 0 Å². The van der Waals surface area contributed by atoms with E-state index >= 15 is 0 Å². The van der Waals surface area contributed by atoms with E-state index in [1.807, 2.05) is 12.1 Å². The zero-order valence-corrected chi connectivity index (χ0v) is 15.4. The number of fused-ring (bicyclic) bond motifs is 1. The van der Waals surface area contributed by atoms with Crippen molar-refractivity contribution in [1.82, 2.24) is 15.3 Å². The van der Waals surface area contributed by atoms with Crippen molar-refractivity contribution in [3.05, 3.63) is 41.1 Å². The van der Waals surface area contributed by atoms with Crippen LogP contribution in [0.15, 0.2) is 24.3 Å². The Morgan fingerprint density at radius 1 is 1.12 bits per heavy atom. The van der Waals surface area contributed by atoms with Gasteiger partial charge in [-0.25, -0.2) is 4.98 Å². The van der Waals surface area contributed by atoms with E-state index in [-0.39, 0.29) is 6.10 Å². The van der Waals surface area contributed by atoms with Crippen molar-refractivity contribution >= 4 is 11.8 Å². The lowest BCUT2D eigenvalue weighted by Gasteiger charge is -2.34. The third kappa shape index (κ3) is 3.60. The summed E-state index contributed by atoms with van der Waals surface area (Å²) in [4.78, 5) is 11.4. The summed E-state index contributed by atoms with van der Waals surface area (Å²) in [5.41, 5.74) is 9.56. The summed E-state index contributed by atoms with van der Waals surface area (Å²) >= 11 is 0. The maximum atomic E-state index is 6.23. The molecule has 1 aromatic heterocycles. The number of nitrogen functional groups attached to an aromatic ring is 1. The minimum atomic E-state index is 0.256. The van der Waals surface area contributed by atoms with E-state index in [0.29, 0.717) is 5.95 Å². The van der Waals surface area contributed by atoms with Gasteiger partial charge in [-0.15, -0.1) is 0 Å². The predicted molar refractivity (Wildman–Crippen MR) is 104 cm³/mol. The second kappa shape index (κ2) is 7.50. The minimum absolute atomic E-state index is 0.256. The second-order valence-electron chi connectivity index (χ2n) is 7.15. The molecule has 2 aromatic rings. The van der Waals surface area contributed by atoms with Gasteiger partial charge in [0.05, 0.1) is 5.69 Å². The summed E-state index contributed by atoms with van der Waals surface area (Å²) in [5.74, 6) is 2.42. The summed E-state index contributed by atoms with van der Waals surface area (Å²) in [5, 5.41) is 3.44. The molecule has 138 valence electrons. The number of para-hydroxylation sites is 1. The third-order valence-electron chi connectivity index (χ3n) is 5.31. The Kier molecular flexibility index (Phi) is 4.93. The van der Waals surface area contributed by atoms with Crippen molar-refractivity contribution < 1.29 is 4.74 Å². The maximum absolute atomic E-state index is 6.23. The van der Waals surface area contributed by atoms with E-state index in [4.69, 9.17) is 10.5 Å². The monoisotopic (exact) mass is 353 g/mol. The summed E-state index contributed by atoms with van der Waals surface area (Å²) in [7, 11) is 0. The van der Waals surface area contributed by atoms with Gasteiger partial charge >= 0.3 is 0 Å². The number of nitrogens with one attached hydrogen (secondary N) is 1. The summed E-state index contributed by atoms with van der Waals surface area (Å²) < 4.78 is 6.23. The van der Waals surface area contributed by atoms with E-state index < -0.39 is 0 Å². The number of rotatable bonds is 3. The van der Waals surface area contributed by atoms with Crippen LogP contribution in [0.3, 0.4) is 0 Å². The number of hydrogen-bond acceptors (Lipinski definition) is 6. The van der Waals surface area contributed by atoms with Gasteiger partial charge in [0.1, 0.15) is 17.7 Å². The molecule has 6 nitrogen and oxygen atoms in total. The number of hydrogen-bond donors (Lipinski definition) is 2. The number of nitrogens with zero attached hydrogens (tertiary/aromatic N) is 3. The first kappa shape index (κ1) is 17.1. The molecule has 3 N–H and O–H groups in total. The number of piperidine rings is 1. The molecule has 2 aliphatic heterocycles. The van der Waals surface area contributed by atoms with E-state index in [1.165, 1.54) is 11.1 Å². The first-order valence-corrected chi connectivity index (χ1v) is 9.54. The van der Waals surface area contributed by atoms with Gasteiger partial charge in [-0.1, -0.05) is 18.2 Å². The summed E-state index contributed by atoms with van der Waals surface area (Å²) in [6.07, 6.45) is 4.12. The Balaban J connectivity index is 1.47. The highest BCUT2D eigenvalue weighted by Crippen LogP contribution is 2.28. The van der Waals surface area contributed by atoms with Crippen molar-refractivity contribution in [2.45, 2.75) is 38.7 Å². The smallest absolute Gasteiger partial charge is 0.222 e. The highest BCUT2D eigenvalue weighted by Gasteiger charge is 2.26. The molecular weight excluding hydrogens is 326 g/mol. The molecule has 0 atom stereocenters. The average molecular weight is 353 g/mol. The number of benzene rings is 1. The van der Waals surface area contributed by atoms with Gasteiger partial charge in [0.2, 0.25) is 5.95 Å². The van der Waals surface area contributed by atoms with Gasteiger partial charge in [0.15, 0.2) is 0 Å². The Bertz CT molecular complexity index is 771. The van der Waals surface area contributed by atoms with Crippen molar-refractivity contribution in [2.75, 3.05) is 36.8 Å². The van der Waals surface area contributed by atoms with Gasteiger partial charge in [-0.2, -0.15) is 4.98 Å². The Labute approximate surface area is 154 Å². The van der Waals surface area contributed by atoms with E-state index in [1.54, 1.807) is 0 Å². The van der Waals surface area contributed by atoms with Crippen LogP contribution in [0.25, 0.3) is 0 Å². The quantitative estimate of drug-likeness (QED) is 0.880. The fourth-order valence-corrected chi connectivity index (χ4v) is 3.86. The van der Waals surface area contributed by atoms with E-state index in [0.717, 1.165) is 69.1 Å². The molecule has 2 aliphatic rings. The largest absolute Gasteiger partial charge is 0.490 e. The molecule has 0 aliphatic carbocycles. The van der Waals surface area contributed by atoms with Gasteiger partial charge in [-0.05, 0) is 31.5 Å². The molecule has 0 radical (unpaired) electrons. The van der Waals surface area contributed by atoms with Gasteiger partial charge in [0.25, 0.3) is 0 Å². The van der Waals surface area contributed by atoms with Crippen molar-refractivity contribution in [3.63, 3.8) is 0 Å². The Morgan fingerprint density at radius 2 is 1.88 bits per heavy atom. The van der Waals surface area contributed by atoms with Crippen LogP contribution >= 0.6 is 0 Å². The zero-order chi connectivity index (χ0) is 17.9. The lowest BCUT2D eigenvalue weighted by atomic mass is 10.0. The average Bonchev–Trinajstić information content (AvgIpc) is 2.89. The normalized spacial score (nSPS) is 18.3. The molecule has 3 heterocycles. The van der Waals surface area contributed by atoms with Gasteiger partial charge < -0.3 is 20.7 Å². The van der Waals surface area contributed by atoms with E-state index in [9.17, 15) is 0 Å². The number of aryl methyl sites for hydroxylation is 1. The first-order chi connectivity index (χ1) is 12.7. The van der Waals surface area contributed by atoms with Crippen LogP contribution in [0, 0.1) is 6.92 Å². The predicted octanol–water partition coefficient (Wildman–Crippen LogP) is 2.10. The molecule has 4 rings (SSSR count). The van der Waals surface area contributed by atoms with Gasteiger partial charge in [-0.3, -0.25) is 0 Å². The van der Waals surface area contributed by atoms with Crippen LogP contribution < -0.4 is 20.7 Å². The molecule has 6 heteroatoms. The third-order valence-corrected chi connectivity index (χ3v) is 5.31. The molecule has 0 saturated carbocycles. The molecule has 1 fully saturated rings. The van der Waals surface area contributed by atoms with Crippen LogP contribution in [0.1, 0.15) is 29.7 Å². The number of nitrogens with two attached hydrogens (primary N) is 1. The number of ether oxygens (including phenoxy) is 1. The molecule has 1 saturated heterocycles. The maximum Gasteiger partial charge on any atom is 0.222 e. The summed E-state index contributed by atoms with van der Waals surface area (Å²) in [6, 6.07) is 8.23. The molecule has 1 aromatic carbocycles. The fraction of sp³-hybridized carbons (Fsp3) is 0.500. The molecule has 0 unspecified atom stereocenters. The lowest BCUT2D eigenvalue weighted by molar-refractivity contribution is 0.169. The standard InChI is InChI=1S/C20H27N5O/c1-14-4-2-3-5-18(14)26-15-8-12-25(13-9-15)19-16-6-10-22-11-7-17(16)23-20(21)24-19/h2-5,15,22H,6-13H2,1H3,(H2,21,23,24). The highest BCUT2D eigenvalue weighted by atomic mass is 16.5. The van der Waals surface area contributed by atoms with E-state index in [2.05, 4.69) is 39.2 Å². The van der Waals surface area contributed by atoms with Crippen LogP contribution in [0.2, 0.25) is 0 Å². The topological polar surface area (TPSA) is 76.3 Å². The van der Waals surface area contributed by atoms with Crippen LogP contribution in [-0.4, -0.2) is 42.3 Å². The van der Waals surface area contributed by atoms with Crippen LogP contribution in [-0.2, 0) is 12.8 Å². The van der Waals surface area contributed by atoms with Crippen molar-refractivity contribution in [1.29, 1.82) is 0 Å². The van der Waals surface area contributed by atoms with Crippen molar-refractivity contribution in [3.8, 4) is 5.75 Å². The Morgan fingerprint density at radius 3 is 2.69 bits per heavy atom. The molecule has 0 bridgehead atoms. The molecule has 0 spiro atoms.